The van der Waals surface area contributed by atoms with Crippen LogP contribution in [0.3, 0.4) is 0 Å². The minimum absolute atomic E-state index is 0.0353. The minimum Gasteiger partial charge on any atom is -0.480 e. The second kappa shape index (κ2) is 8.57. The molecule has 8 nitrogen and oxygen atoms in total. The predicted octanol–water partition coefficient (Wildman–Crippen LogP) is 0.322. The second-order valence-corrected chi connectivity index (χ2v) is 7.15. The number of carboxylic acid groups (broad SMARTS) is 1. The Morgan fingerprint density at radius 1 is 1.33 bits per heavy atom. The highest BCUT2D eigenvalue weighted by Gasteiger charge is 2.22. The number of hydrogen-bond acceptors (Lipinski definition) is 5. The standard InChI is InChI=1S/C15H20N2O6S/c1-4-9-23-10-13(15(19)20)16-14(18)11-5-7-12(8-6-11)24(21,22)17(2)3/h4-8,13H,1,9-10H2,2-3H3,(H,16,18)(H,19,20). The SMILES string of the molecule is C=CCOCC(NC(=O)c1ccc(S(=O)(=O)N(C)C)cc1)C(=O)O. The quantitative estimate of drug-likeness (QED) is 0.487. The number of carboxylic acids is 1. The summed E-state index contributed by atoms with van der Waals surface area (Å²) in [4.78, 5) is 23.2. The van der Waals surface area contributed by atoms with Crippen LogP contribution in [-0.4, -0.2) is 63.1 Å². The highest BCUT2D eigenvalue weighted by molar-refractivity contribution is 7.89. The summed E-state index contributed by atoms with van der Waals surface area (Å²) in [5, 5.41) is 11.4. The summed E-state index contributed by atoms with van der Waals surface area (Å²) >= 11 is 0. The van der Waals surface area contributed by atoms with E-state index in [9.17, 15) is 18.0 Å². The zero-order chi connectivity index (χ0) is 18.3. The number of nitrogens with one attached hydrogen (secondary N) is 1. The Morgan fingerprint density at radius 2 is 1.92 bits per heavy atom. The summed E-state index contributed by atoms with van der Waals surface area (Å²) in [5.74, 6) is -1.88. The first kappa shape index (κ1) is 19.8. The van der Waals surface area contributed by atoms with Crippen molar-refractivity contribution >= 4 is 21.9 Å². The van der Waals surface area contributed by atoms with Crippen LogP contribution in [0.5, 0.6) is 0 Å². The van der Waals surface area contributed by atoms with Crippen molar-refractivity contribution in [3.8, 4) is 0 Å². The maximum absolute atomic E-state index is 12.1. The van der Waals surface area contributed by atoms with Gasteiger partial charge in [-0.1, -0.05) is 6.08 Å². The number of carbonyl (C=O) groups excluding carboxylic acids is 1. The van der Waals surface area contributed by atoms with Crippen molar-refractivity contribution in [2.75, 3.05) is 27.3 Å². The van der Waals surface area contributed by atoms with E-state index in [0.29, 0.717) is 0 Å². The predicted molar refractivity (Wildman–Crippen MR) is 87.2 cm³/mol. The fourth-order valence-corrected chi connectivity index (χ4v) is 2.58. The van der Waals surface area contributed by atoms with E-state index in [1.54, 1.807) is 0 Å². The molecule has 1 unspecified atom stereocenters. The van der Waals surface area contributed by atoms with Gasteiger partial charge in [-0.2, -0.15) is 0 Å². The van der Waals surface area contributed by atoms with Crippen LogP contribution in [0.2, 0.25) is 0 Å². The molecule has 0 spiro atoms. The van der Waals surface area contributed by atoms with Gasteiger partial charge in [-0.05, 0) is 24.3 Å². The van der Waals surface area contributed by atoms with Crippen molar-refractivity contribution < 1.29 is 27.9 Å². The van der Waals surface area contributed by atoms with Gasteiger partial charge in [0.2, 0.25) is 10.0 Å². The molecule has 1 rings (SSSR count). The number of rotatable bonds is 9. The summed E-state index contributed by atoms with van der Waals surface area (Å²) < 4.78 is 30.0. The van der Waals surface area contributed by atoms with Crippen molar-refractivity contribution in [1.29, 1.82) is 0 Å². The van der Waals surface area contributed by atoms with Gasteiger partial charge in [0.1, 0.15) is 0 Å². The first-order valence-electron chi connectivity index (χ1n) is 6.95. The third-order valence-electron chi connectivity index (χ3n) is 3.02. The van der Waals surface area contributed by atoms with E-state index in [4.69, 9.17) is 9.84 Å². The van der Waals surface area contributed by atoms with Crippen LogP contribution in [-0.2, 0) is 19.6 Å². The molecule has 0 aliphatic carbocycles. The lowest BCUT2D eigenvalue weighted by molar-refractivity contribution is -0.140. The molecule has 9 heteroatoms. The van der Waals surface area contributed by atoms with Crippen molar-refractivity contribution in [2.45, 2.75) is 10.9 Å². The van der Waals surface area contributed by atoms with E-state index in [0.717, 1.165) is 4.31 Å². The molecule has 1 aromatic carbocycles. The molecule has 0 bridgehead atoms. The number of aliphatic carboxylic acids is 1. The van der Waals surface area contributed by atoms with Crippen molar-refractivity contribution in [3.05, 3.63) is 42.5 Å². The molecule has 1 aromatic rings. The zero-order valence-corrected chi connectivity index (χ0v) is 14.2. The Bertz CT molecular complexity index is 697. The number of hydrogen-bond donors (Lipinski definition) is 2. The lowest BCUT2D eigenvalue weighted by atomic mass is 10.2. The van der Waals surface area contributed by atoms with Crippen molar-refractivity contribution in [1.82, 2.24) is 9.62 Å². The summed E-state index contributed by atoms with van der Waals surface area (Å²) in [6.07, 6.45) is 1.46. The minimum atomic E-state index is -3.59. The number of carbonyl (C=O) groups is 2. The normalized spacial score (nSPS) is 12.6. The highest BCUT2D eigenvalue weighted by atomic mass is 32.2. The highest BCUT2D eigenvalue weighted by Crippen LogP contribution is 2.14. The summed E-state index contributed by atoms with van der Waals surface area (Å²) in [6.45, 7) is 3.39. The van der Waals surface area contributed by atoms with Crippen molar-refractivity contribution in [3.63, 3.8) is 0 Å². The number of nitrogens with zero attached hydrogens (tertiary/aromatic N) is 1. The summed E-state index contributed by atoms with van der Waals surface area (Å²) in [7, 11) is -0.794. The molecule has 1 atom stereocenters. The Balaban J connectivity index is 2.84. The molecule has 0 saturated heterocycles. The molecule has 24 heavy (non-hydrogen) atoms. The smallest absolute Gasteiger partial charge is 0.328 e. The van der Waals surface area contributed by atoms with Gasteiger partial charge in [0.25, 0.3) is 5.91 Å². The van der Waals surface area contributed by atoms with Crippen LogP contribution in [0.15, 0.2) is 41.8 Å². The Morgan fingerprint density at radius 3 is 2.38 bits per heavy atom. The summed E-state index contributed by atoms with van der Waals surface area (Å²) in [6, 6.07) is 3.98. The van der Waals surface area contributed by atoms with E-state index in [-0.39, 0.29) is 23.7 Å². The van der Waals surface area contributed by atoms with E-state index in [1.165, 1.54) is 44.4 Å². The molecular formula is C15H20N2O6S. The van der Waals surface area contributed by atoms with Gasteiger partial charge in [0.05, 0.1) is 18.1 Å². The van der Waals surface area contributed by atoms with Crippen LogP contribution < -0.4 is 5.32 Å². The first-order valence-corrected chi connectivity index (χ1v) is 8.39. The van der Waals surface area contributed by atoms with Crippen LogP contribution in [0.1, 0.15) is 10.4 Å². The lowest BCUT2D eigenvalue weighted by Crippen LogP contribution is -2.44. The van der Waals surface area contributed by atoms with Gasteiger partial charge in [0.15, 0.2) is 6.04 Å². The van der Waals surface area contributed by atoms with E-state index in [2.05, 4.69) is 11.9 Å². The number of sulfonamides is 1. The lowest BCUT2D eigenvalue weighted by Gasteiger charge is -2.15. The monoisotopic (exact) mass is 356 g/mol. The van der Waals surface area contributed by atoms with Crippen LogP contribution >= 0.6 is 0 Å². The first-order chi connectivity index (χ1) is 11.2. The molecular weight excluding hydrogens is 336 g/mol. The third-order valence-corrected chi connectivity index (χ3v) is 4.85. The molecule has 0 aromatic heterocycles. The van der Waals surface area contributed by atoms with Gasteiger partial charge < -0.3 is 15.2 Å². The zero-order valence-electron chi connectivity index (χ0n) is 13.4. The van der Waals surface area contributed by atoms with Crippen LogP contribution in [0.25, 0.3) is 0 Å². The average molecular weight is 356 g/mol. The van der Waals surface area contributed by atoms with Gasteiger partial charge >= 0.3 is 5.97 Å². The van der Waals surface area contributed by atoms with Crippen LogP contribution in [0.4, 0.5) is 0 Å². The molecule has 0 radical (unpaired) electrons. The molecule has 132 valence electrons. The second-order valence-electron chi connectivity index (χ2n) is 5.00. The maximum atomic E-state index is 12.1. The molecule has 2 N–H and O–H groups in total. The third kappa shape index (κ3) is 5.15. The van der Waals surface area contributed by atoms with E-state index < -0.39 is 27.9 Å². The molecule has 0 aliphatic rings. The fourth-order valence-electron chi connectivity index (χ4n) is 1.67. The molecule has 0 fully saturated rings. The van der Waals surface area contributed by atoms with Gasteiger partial charge in [0, 0.05) is 19.7 Å². The largest absolute Gasteiger partial charge is 0.480 e. The average Bonchev–Trinajstić information content (AvgIpc) is 2.53. The van der Waals surface area contributed by atoms with Crippen LogP contribution in [0, 0.1) is 0 Å². The Labute approximate surface area is 140 Å². The molecule has 0 saturated carbocycles. The van der Waals surface area contributed by atoms with Crippen molar-refractivity contribution in [2.24, 2.45) is 0 Å². The number of ether oxygens (including phenoxy) is 1. The molecule has 0 aliphatic heterocycles. The van der Waals surface area contributed by atoms with E-state index >= 15 is 0 Å². The fraction of sp³-hybridized carbons (Fsp3) is 0.333. The van der Waals surface area contributed by atoms with Gasteiger partial charge in [-0.15, -0.1) is 6.58 Å². The Hall–Kier alpha value is -2.23. The maximum Gasteiger partial charge on any atom is 0.328 e. The Kier molecular flexibility index (Phi) is 7.08. The topological polar surface area (TPSA) is 113 Å². The van der Waals surface area contributed by atoms with E-state index in [1.807, 2.05) is 0 Å². The summed E-state index contributed by atoms with van der Waals surface area (Å²) in [5.41, 5.74) is 0.141. The van der Waals surface area contributed by atoms with Gasteiger partial charge in [-0.3, -0.25) is 4.79 Å². The van der Waals surface area contributed by atoms with Gasteiger partial charge in [-0.25, -0.2) is 17.5 Å². The number of amides is 1. The molecule has 0 heterocycles. The number of benzene rings is 1. The molecule has 1 amide bonds.